The topological polar surface area (TPSA) is 0 Å². The fourth-order valence-corrected chi connectivity index (χ4v) is 0. The predicted molar refractivity (Wildman–Crippen MR) is 34.4 cm³/mol. The van der Waals surface area contributed by atoms with E-state index in [9.17, 15) is 0 Å². The van der Waals surface area contributed by atoms with E-state index in [0.29, 0.717) is 0 Å². The smallest absolute Gasteiger partial charge is 0.0379 e. The Kier molecular flexibility index (Phi) is 35.5. The molecule has 0 spiro atoms. The molecule has 1 radical (unpaired) electrons. The van der Waals surface area contributed by atoms with Gasteiger partial charge in [-0.1, -0.05) is 19.6 Å². The van der Waals surface area contributed by atoms with Crippen LogP contribution in [0.15, 0.2) is 0 Å². The minimum absolute atomic E-state index is 0. The average molecular weight is 275 g/mol. The van der Waals surface area contributed by atoms with Gasteiger partial charge >= 0.3 is 0 Å². The van der Waals surface area contributed by atoms with Crippen molar-refractivity contribution < 1.29 is 46.9 Å². The van der Waals surface area contributed by atoms with Crippen molar-refractivity contribution in [2.24, 2.45) is 0 Å². The van der Waals surface area contributed by atoms with Crippen LogP contribution in [0.2, 0.25) is 19.6 Å². The van der Waals surface area contributed by atoms with Gasteiger partial charge in [-0.3, -0.25) is 0 Å². The van der Waals surface area contributed by atoms with Gasteiger partial charge in [0.15, 0.2) is 0 Å². The molecule has 0 aromatic carbocycles. The molecule has 0 saturated heterocycles. The van der Waals surface area contributed by atoms with E-state index < -0.39 is 0 Å². The molecular formula is C5H14SiYb-. The molecule has 0 fully saturated rings. The third kappa shape index (κ3) is 84.4. The molecule has 0 aliphatic rings. The first-order valence-corrected chi connectivity index (χ1v) is 5.21. The second kappa shape index (κ2) is 15.6. The van der Waals surface area contributed by atoms with Crippen LogP contribution in [0, 0.1) is 53.8 Å². The molecule has 0 saturated carbocycles. The summed E-state index contributed by atoms with van der Waals surface area (Å²) in [6.07, 6.45) is 0. The molecule has 0 bridgehead atoms. The summed E-state index contributed by atoms with van der Waals surface area (Å²) in [5.74, 6) is 0. The Morgan fingerprint density at radius 2 is 1.00 bits per heavy atom. The fourth-order valence-electron chi connectivity index (χ4n) is 0. The van der Waals surface area contributed by atoms with Gasteiger partial charge in [0.1, 0.15) is 0 Å². The van der Waals surface area contributed by atoms with Crippen LogP contribution < -0.4 is 0 Å². The molecule has 0 aromatic rings. The van der Waals surface area contributed by atoms with Crippen molar-refractivity contribution in [1.29, 1.82) is 0 Å². The SMILES string of the molecule is C[Si](C)C.[CH2-]C.[Yb]. The molecule has 0 heterocycles. The molecule has 0 aromatic heterocycles. The van der Waals surface area contributed by atoms with Gasteiger partial charge in [0.25, 0.3) is 0 Å². The fraction of sp³-hybridized carbons (Fsp3) is 0.800. The van der Waals surface area contributed by atoms with Gasteiger partial charge in [-0.2, -0.15) is 6.92 Å². The maximum atomic E-state index is 3.25. The minimum atomic E-state index is 0. The first kappa shape index (κ1) is 15.9. The zero-order chi connectivity index (χ0) is 5.58. The van der Waals surface area contributed by atoms with E-state index >= 15 is 0 Å². The Morgan fingerprint density at radius 3 is 1.00 bits per heavy atom. The van der Waals surface area contributed by atoms with Gasteiger partial charge < -0.3 is 6.92 Å². The molecule has 0 rings (SSSR count). The van der Waals surface area contributed by atoms with Crippen LogP contribution in [0.1, 0.15) is 6.92 Å². The summed E-state index contributed by atoms with van der Waals surface area (Å²) in [7, 11) is 0.120. The van der Waals surface area contributed by atoms with Gasteiger partial charge in [0, 0.05) is 55.7 Å². The summed E-state index contributed by atoms with van der Waals surface area (Å²) in [5, 5.41) is 0. The molecule has 7 heavy (non-hydrogen) atoms. The Bertz CT molecular complexity index is 12.8. The predicted octanol–water partition coefficient (Wildman–Crippen LogP) is 2.21. The first-order chi connectivity index (χ1) is 2.73. The molecule has 0 atom stereocenters. The zero-order valence-corrected chi connectivity index (χ0v) is 8.19. The van der Waals surface area contributed by atoms with Gasteiger partial charge in [0.2, 0.25) is 0 Å². The second-order valence-electron chi connectivity index (χ2n) is 1.50. The van der Waals surface area contributed by atoms with Crippen LogP contribution in [0.4, 0.5) is 0 Å². The second-order valence-corrected chi connectivity index (χ2v) is 4.50. The summed E-state index contributed by atoms with van der Waals surface area (Å²) >= 11 is 0. The van der Waals surface area contributed by atoms with Crippen LogP contribution in [-0.4, -0.2) is 8.80 Å². The molecule has 53 valence electrons. The third-order valence-electron chi connectivity index (χ3n) is 0. The molecule has 2 heteroatoms. The molecule has 0 unspecified atom stereocenters. The maximum Gasteiger partial charge on any atom is 0.0379 e. The molecule has 0 nitrogen and oxygen atoms in total. The normalized spacial score (nSPS) is 6.00. The van der Waals surface area contributed by atoms with Crippen LogP contribution in [0.5, 0.6) is 0 Å². The third-order valence-corrected chi connectivity index (χ3v) is 0. The van der Waals surface area contributed by atoms with E-state index in [1.54, 1.807) is 6.92 Å². The minimum Gasteiger partial charge on any atom is -0.346 e. The number of hydrogen-bond acceptors (Lipinski definition) is 0. The van der Waals surface area contributed by atoms with Crippen LogP contribution >= 0.6 is 0 Å². The van der Waals surface area contributed by atoms with Crippen molar-refractivity contribution in [3.63, 3.8) is 0 Å². The summed E-state index contributed by atoms with van der Waals surface area (Å²) in [4.78, 5) is 0. The van der Waals surface area contributed by atoms with Crippen molar-refractivity contribution in [2.45, 2.75) is 26.6 Å². The average Bonchev–Trinajstić information content (AvgIpc) is 1.41. The van der Waals surface area contributed by atoms with E-state index in [1.807, 2.05) is 0 Å². The Morgan fingerprint density at radius 1 is 1.00 bits per heavy atom. The Hall–Kier alpha value is 1.74. The van der Waals surface area contributed by atoms with E-state index in [1.165, 1.54) is 0 Å². The number of rotatable bonds is 0. The first-order valence-electron chi connectivity index (χ1n) is 2.21. The van der Waals surface area contributed by atoms with Gasteiger partial charge in [-0.05, 0) is 0 Å². The molecule has 0 aliphatic heterocycles. The van der Waals surface area contributed by atoms with Crippen molar-refractivity contribution in [3.8, 4) is 0 Å². The Labute approximate surface area is 87.9 Å². The van der Waals surface area contributed by atoms with Gasteiger partial charge in [-0.25, -0.2) is 0 Å². The zero-order valence-electron chi connectivity index (χ0n) is 5.47. The summed E-state index contributed by atoms with van der Waals surface area (Å²) < 4.78 is 0. The van der Waals surface area contributed by atoms with Gasteiger partial charge in [0.05, 0.1) is 0 Å². The van der Waals surface area contributed by atoms with Crippen molar-refractivity contribution in [2.75, 3.05) is 0 Å². The van der Waals surface area contributed by atoms with E-state index in [2.05, 4.69) is 26.6 Å². The summed E-state index contributed by atoms with van der Waals surface area (Å²) in [5.41, 5.74) is 0. The molecule has 0 amide bonds. The summed E-state index contributed by atoms with van der Waals surface area (Å²) in [6.45, 7) is 11.8. The van der Waals surface area contributed by atoms with Crippen molar-refractivity contribution in [1.82, 2.24) is 0 Å². The largest absolute Gasteiger partial charge is 0.346 e. The number of hydrogen-bond donors (Lipinski definition) is 0. The monoisotopic (exact) mass is 276 g/mol. The van der Waals surface area contributed by atoms with Crippen LogP contribution in [0.25, 0.3) is 0 Å². The van der Waals surface area contributed by atoms with E-state index in [-0.39, 0.29) is 55.7 Å². The Balaban J connectivity index is -0.0000000480. The van der Waals surface area contributed by atoms with Crippen molar-refractivity contribution >= 4 is 8.80 Å². The molecular weight excluding hydrogens is 261 g/mol. The quantitative estimate of drug-likeness (QED) is 0.470. The maximum absolute atomic E-state index is 3.25. The molecule has 0 N–H and O–H groups in total. The van der Waals surface area contributed by atoms with Crippen LogP contribution in [-0.2, 0) is 0 Å². The summed E-state index contributed by atoms with van der Waals surface area (Å²) in [6, 6.07) is 0. The van der Waals surface area contributed by atoms with Crippen LogP contribution in [0.3, 0.4) is 0 Å². The van der Waals surface area contributed by atoms with E-state index in [4.69, 9.17) is 0 Å². The van der Waals surface area contributed by atoms with Crippen molar-refractivity contribution in [3.05, 3.63) is 6.92 Å². The van der Waals surface area contributed by atoms with Gasteiger partial charge in [-0.15, -0.1) is 0 Å². The van der Waals surface area contributed by atoms with E-state index in [0.717, 1.165) is 0 Å². The molecule has 0 aliphatic carbocycles. The standard InChI is InChI=1S/C3H9Si.C2H5.Yb/c1-4(2)3;1-2;/h1-3H3;1H2,2H3;/q;-1;.